The molecule has 4 N–H and O–H groups in total. The predicted octanol–water partition coefficient (Wildman–Crippen LogP) is 8.36. The highest BCUT2D eigenvalue weighted by Gasteiger charge is 2.22. The Morgan fingerprint density at radius 3 is 1.30 bits per heavy atom. The number of nitrogens with one attached hydrogen (secondary N) is 2. The molecule has 0 heterocycles. The Morgan fingerprint density at radius 1 is 0.474 bits per heavy atom. The number of halogens is 3. The summed E-state index contributed by atoms with van der Waals surface area (Å²) in [6, 6.07) is 34.0. The Bertz CT molecular complexity index is 2600. The topological polar surface area (TPSA) is 167 Å². The van der Waals surface area contributed by atoms with Gasteiger partial charge >= 0.3 is 11.9 Å². The van der Waals surface area contributed by atoms with Gasteiger partial charge in [-0.2, -0.15) is 0 Å². The van der Waals surface area contributed by atoms with Gasteiger partial charge in [0.15, 0.2) is 0 Å². The van der Waals surface area contributed by atoms with Gasteiger partial charge in [-0.05, 0) is 109 Å². The first-order chi connectivity index (χ1) is 27.1. The Morgan fingerprint density at radius 2 is 0.877 bits per heavy atom. The number of carboxylic acids is 2. The number of benzene rings is 6. The Balaban J connectivity index is 0.000000218. The molecule has 0 spiro atoms. The van der Waals surface area contributed by atoms with Crippen molar-refractivity contribution in [2.45, 2.75) is 35.5 Å². The number of sulfonamides is 2. The summed E-state index contributed by atoms with van der Waals surface area (Å²) in [5, 5.41) is 17.9. The van der Waals surface area contributed by atoms with Crippen LogP contribution in [0.5, 0.6) is 0 Å². The van der Waals surface area contributed by atoms with Gasteiger partial charge in [0.25, 0.3) is 20.0 Å². The fourth-order valence-electron chi connectivity index (χ4n) is 5.62. The van der Waals surface area contributed by atoms with Gasteiger partial charge in [0, 0.05) is 6.07 Å². The van der Waals surface area contributed by atoms with Crippen molar-refractivity contribution in [3.05, 3.63) is 190 Å². The van der Waals surface area contributed by atoms with Crippen LogP contribution in [0.3, 0.4) is 0 Å². The van der Waals surface area contributed by atoms with E-state index in [2.05, 4.69) is 9.44 Å². The average molecular weight is 817 g/mol. The minimum atomic E-state index is -4.24. The van der Waals surface area contributed by atoms with Crippen molar-refractivity contribution in [3.63, 3.8) is 0 Å². The van der Waals surface area contributed by atoms with E-state index in [0.29, 0.717) is 48.7 Å². The molecule has 0 aromatic heterocycles. The molecule has 6 rings (SSSR count). The standard InChI is InChI=1S/C21H17F2NO4S.C21H18FNO4S/c22-17-11-12-20(18(23)13-17)29(27,28)24-19-4-2-1-3-15(19)8-5-14-6-9-16(10-7-14)21(25)26;22-18-6-2-4-8-20(18)28(26,27)23-19-7-3-1-5-16(19)12-9-15-10-13-17(14-11-15)21(24)25/h1-4,6-7,9-13,24H,5,8H2,(H,25,26);1-8,10-11,13-14,23H,9,12H2,(H,24,25). The van der Waals surface area contributed by atoms with Gasteiger partial charge in [-0.3, -0.25) is 9.44 Å². The second-order valence-corrected chi connectivity index (χ2v) is 15.8. The molecule has 0 atom stereocenters. The lowest BCUT2D eigenvalue weighted by Crippen LogP contribution is -2.16. The molecule has 6 aromatic carbocycles. The monoisotopic (exact) mass is 816 g/mol. The molecule has 0 saturated carbocycles. The van der Waals surface area contributed by atoms with Crippen molar-refractivity contribution in [2.24, 2.45) is 0 Å². The normalized spacial score (nSPS) is 11.2. The van der Waals surface area contributed by atoms with Crippen LogP contribution in [0.25, 0.3) is 0 Å². The number of para-hydroxylation sites is 2. The van der Waals surface area contributed by atoms with Crippen molar-refractivity contribution in [3.8, 4) is 0 Å². The van der Waals surface area contributed by atoms with E-state index in [-0.39, 0.29) is 11.1 Å². The van der Waals surface area contributed by atoms with Crippen LogP contribution in [-0.2, 0) is 45.7 Å². The lowest BCUT2D eigenvalue weighted by molar-refractivity contribution is 0.0686. The number of anilines is 2. The van der Waals surface area contributed by atoms with Crippen molar-refractivity contribution < 1.29 is 49.8 Å². The van der Waals surface area contributed by atoms with Gasteiger partial charge in [0.1, 0.15) is 27.2 Å². The van der Waals surface area contributed by atoms with E-state index in [9.17, 15) is 39.6 Å². The van der Waals surface area contributed by atoms with E-state index >= 15 is 0 Å². The first kappa shape index (κ1) is 41.7. The second kappa shape index (κ2) is 18.5. The van der Waals surface area contributed by atoms with Crippen molar-refractivity contribution in [1.82, 2.24) is 0 Å². The third-order valence-electron chi connectivity index (χ3n) is 8.60. The lowest BCUT2D eigenvalue weighted by atomic mass is 10.0. The smallest absolute Gasteiger partial charge is 0.335 e. The molecule has 0 fully saturated rings. The molecule has 6 aromatic rings. The highest BCUT2D eigenvalue weighted by atomic mass is 32.2. The second-order valence-electron chi connectivity index (χ2n) is 12.5. The van der Waals surface area contributed by atoms with E-state index in [1.165, 1.54) is 42.5 Å². The first-order valence-electron chi connectivity index (χ1n) is 17.2. The van der Waals surface area contributed by atoms with E-state index in [1.807, 2.05) is 0 Å². The fraction of sp³-hybridized carbons (Fsp3) is 0.0952. The van der Waals surface area contributed by atoms with Gasteiger partial charge in [-0.25, -0.2) is 39.6 Å². The van der Waals surface area contributed by atoms with Gasteiger partial charge in [0.2, 0.25) is 0 Å². The minimum Gasteiger partial charge on any atom is -0.478 e. The Kier molecular flexibility index (Phi) is 13.5. The maximum Gasteiger partial charge on any atom is 0.335 e. The molecule has 0 unspecified atom stereocenters. The number of carbonyl (C=O) groups is 2. The Labute approximate surface area is 327 Å². The summed E-state index contributed by atoms with van der Waals surface area (Å²) in [6.45, 7) is 0. The maximum absolute atomic E-state index is 13.9. The van der Waals surface area contributed by atoms with Crippen molar-refractivity contribution >= 4 is 43.4 Å². The number of hydrogen-bond donors (Lipinski definition) is 4. The summed E-state index contributed by atoms with van der Waals surface area (Å²) < 4.78 is 95.8. The molecule has 0 aliphatic carbocycles. The van der Waals surface area contributed by atoms with E-state index < -0.39 is 59.2 Å². The number of aryl methyl sites for hydroxylation is 4. The number of carboxylic acid groups (broad SMARTS) is 2. The number of aromatic carboxylic acids is 2. The van der Waals surface area contributed by atoms with Crippen LogP contribution in [0.15, 0.2) is 149 Å². The average Bonchev–Trinajstić information content (AvgIpc) is 3.17. The fourth-order valence-corrected chi connectivity index (χ4v) is 7.96. The van der Waals surface area contributed by atoms with E-state index in [1.54, 1.807) is 72.8 Å². The van der Waals surface area contributed by atoms with E-state index in [4.69, 9.17) is 10.2 Å². The summed E-state index contributed by atoms with van der Waals surface area (Å²) in [5.41, 5.74) is 4.32. The van der Waals surface area contributed by atoms with Gasteiger partial charge in [-0.1, -0.05) is 72.8 Å². The molecular weight excluding hydrogens is 782 g/mol. The molecule has 0 aliphatic rings. The molecule has 0 amide bonds. The molecule has 15 heteroatoms. The molecule has 294 valence electrons. The zero-order valence-corrected chi connectivity index (χ0v) is 31.5. The molecule has 0 bridgehead atoms. The highest BCUT2D eigenvalue weighted by Crippen LogP contribution is 2.25. The van der Waals surface area contributed by atoms with Gasteiger partial charge < -0.3 is 10.2 Å². The third kappa shape index (κ3) is 11.3. The largest absolute Gasteiger partial charge is 0.478 e. The molecule has 0 aliphatic heterocycles. The summed E-state index contributed by atoms with van der Waals surface area (Å²) in [4.78, 5) is 20.8. The van der Waals surface area contributed by atoms with Crippen LogP contribution in [0.4, 0.5) is 24.5 Å². The molecule has 0 saturated heterocycles. The molecule has 10 nitrogen and oxygen atoms in total. The minimum absolute atomic E-state index is 0.184. The third-order valence-corrected chi connectivity index (χ3v) is 11.4. The molecule has 0 radical (unpaired) electrons. The predicted molar refractivity (Wildman–Crippen MR) is 209 cm³/mol. The van der Waals surface area contributed by atoms with Crippen LogP contribution in [0.1, 0.15) is 43.0 Å². The summed E-state index contributed by atoms with van der Waals surface area (Å²) >= 11 is 0. The maximum atomic E-state index is 13.9. The van der Waals surface area contributed by atoms with Crippen molar-refractivity contribution in [2.75, 3.05) is 9.44 Å². The van der Waals surface area contributed by atoms with E-state index in [0.717, 1.165) is 34.9 Å². The van der Waals surface area contributed by atoms with Crippen LogP contribution >= 0.6 is 0 Å². The zero-order chi connectivity index (χ0) is 41.2. The SMILES string of the molecule is O=C(O)c1ccc(CCc2ccccc2NS(=O)(=O)c2ccc(F)cc2F)cc1.O=C(O)c1ccc(CCc2ccccc2NS(=O)(=O)c2ccccc2F)cc1. The Hall–Kier alpha value is -6.45. The lowest BCUT2D eigenvalue weighted by Gasteiger charge is -2.13. The van der Waals surface area contributed by atoms with Crippen LogP contribution < -0.4 is 9.44 Å². The summed E-state index contributed by atoms with van der Waals surface area (Å²) in [7, 11) is -8.29. The molecule has 57 heavy (non-hydrogen) atoms. The van der Waals surface area contributed by atoms with Gasteiger partial charge in [0.05, 0.1) is 22.5 Å². The van der Waals surface area contributed by atoms with Crippen LogP contribution in [-0.4, -0.2) is 39.0 Å². The van der Waals surface area contributed by atoms with Crippen LogP contribution in [0, 0.1) is 17.5 Å². The summed E-state index contributed by atoms with van der Waals surface area (Å²) in [5.74, 6) is -4.85. The van der Waals surface area contributed by atoms with Crippen LogP contribution in [0.2, 0.25) is 0 Å². The number of hydrogen-bond acceptors (Lipinski definition) is 6. The number of rotatable bonds is 14. The molecular formula is C42H35F3N2O8S2. The van der Waals surface area contributed by atoms with Crippen molar-refractivity contribution in [1.29, 1.82) is 0 Å². The quantitative estimate of drug-likeness (QED) is 0.0851. The highest BCUT2D eigenvalue weighted by molar-refractivity contribution is 7.93. The zero-order valence-electron chi connectivity index (χ0n) is 29.9. The summed E-state index contributed by atoms with van der Waals surface area (Å²) in [6.07, 6.45) is 2.14. The van der Waals surface area contributed by atoms with Gasteiger partial charge in [-0.15, -0.1) is 0 Å². The first-order valence-corrected chi connectivity index (χ1v) is 20.1.